The first-order valence-electron chi connectivity index (χ1n) is 15.2. The molecule has 8 nitrogen and oxygen atoms in total. The topological polar surface area (TPSA) is 91.0 Å². The number of piperidine rings is 1. The van der Waals surface area contributed by atoms with E-state index in [1.54, 1.807) is 4.90 Å². The molecule has 3 saturated heterocycles. The Morgan fingerprint density at radius 2 is 1.77 bits per heavy atom. The number of carbonyl (C=O) groups is 3. The molecular weight excluding hydrogens is 572 g/mol. The van der Waals surface area contributed by atoms with Crippen LogP contribution in [-0.2, 0) is 19.1 Å². The molecule has 0 unspecified atom stereocenters. The summed E-state index contributed by atoms with van der Waals surface area (Å²) in [6.07, 6.45) is 13.3. The standard InChI is InChI=1S/C31H41BrN4O4/c1-2-23-10-6-7-17-35(23)18-19-36-27(29(38)34-21-8-4-3-5-9-21)31-16-15-24(40-31)25(26(31)30(36)39)28(37)33-22-13-11-20(32)12-14-22/h11-16,21,23-27H,2-10,17-19H2,1H3,(H,33,37)(H,34,38)/t23-,24+,25+,26+,27-,31+/m1/s1. The van der Waals surface area contributed by atoms with Gasteiger partial charge in [0.05, 0.1) is 17.9 Å². The molecule has 0 radical (unpaired) electrons. The van der Waals surface area contributed by atoms with Gasteiger partial charge in [-0.15, -0.1) is 0 Å². The van der Waals surface area contributed by atoms with Gasteiger partial charge < -0.3 is 20.3 Å². The molecule has 216 valence electrons. The zero-order valence-electron chi connectivity index (χ0n) is 23.3. The van der Waals surface area contributed by atoms with Crippen molar-refractivity contribution in [3.05, 3.63) is 40.9 Å². The fraction of sp³-hybridized carbons (Fsp3) is 0.645. The van der Waals surface area contributed by atoms with Crippen molar-refractivity contribution in [2.24, 2.45) is 11.8 Å². The van der Waals surface area contributed by atoms with Crippen LogP contribution in [0.1, 0.15) is 64.7 Å². The quantitative estimate of drug-likeness (QED) is 0.428. The van der Waals surface area contributed by atoms with Crippen molar-refractivity contribution < 1.29 is 19.1 Å². The molecule has 0 aromatic heterocycles. The van der Waals surface area contributed by atoms with Gasteiger partial charge in [-0.2, -0.15) is 0 Å². The van der Waals surface area contributed by atoms with E-state index in [9.17, 15) is 14.4 Å². The molecule has 2 N–H and O–H groups in total. The molecule has 1 aromatic carbocycles. The summed E-state index contributed by atoms with van der Waals surface area (Å²) in [6, 6.07) is 7.25. The first-order valence-corrected chi connectivity index (χ1v) is 16.0. The van der Waals surface area contributed by atoms with E-state index in [2.05, 4.69) is 38.4 Å². The van der Waals surface area contributed by atoms with Gasteiger partial charge in [0.1, 0.15) is 11.6 Å². The second-order valence-electron chi connectivity index (χ2n) is 12.2. The Balaban J connectivity index is 1.26. The number of fused-ring (bicyclic) bond motifs is 1. The van der Waals surface area contributed by atoms with Crippen LogP contribution >= 0.6 is 15.9 Å². The molecule has 4 heterocycles. The number of likely N-dealkylation sites (tertiary alicyclic amines) is 2. The minimum absolute atomic E-state index is 0.124. The number of halogens is 1. The molecular formula is C31H41BrN4O4. The highest BCUT2D eigenvalue weighted by atomic mass is 79.9. The van der Waals surface area contributed by atoms with Crippen LogP contribution in [0, 0.1) is 11.8 Å². The van der Waals surface area contributed by atoms with Crippen LogP contribution < -0.4 is 10.6 Å². The Labute approximate surface area is 245 Å². The van der Waals surface area contributed by atoms with Gasteiger partial charge in [0.15, 0.2) is 0 Å². The summed E-state index contributed by atoms with van der Waals surface area (Å²) in [5, 5.41) is 6.28. The third kappa shape index (κ3) is 5.02. The van der Waals surface area contributed by atoms with E-state index in [0.29, 0.717) is 18.3 Å². The Morgan fingerprint density at radius 1 is 1.02 bits per heavy atom. The summed E-state index contributed by atoms with van der Waals surface area (Å²) in [5.41, 5.74) is -0.451. The van der Waals surface area contributed by atoms with E-state index in [1.165, 1.54) is 19.3 Å². The molecule has 6 atom stereocenters. The minimum Gasteiger partial charge on any atom is -0.359 e. The van der Waals surface area contributed by atoms with Crippen LogP contribution in [0.15, 0.2) is 40.9 Å². The SMILES string of the molecule is CC[C@@H]1CCCCN1CCN1C(=O)[C@@H]2[C@@H](C(=O)Nc3ccc(Br)cc3)[C@@H]3C=C[C@@]2(O3)[C@H]1C(=O)NC1CCCCC1. The Bertz CT molecular complexity index is 1150. The maximum atomic E-state index is 14.2. The van der Waals surface area contributed by atoms with Crippen LogP contribution in [0.5, 0.6) is 0 Å². The Hall–Kier alpha value is -2.23. The number of amides is 3. The normalized spacial score (nSPS) is 33.8. The number of rotatable bonds is 8. The maximum absolute atomic E-state index is 14.2. The number of hydrogen-bond acceptors (Lipinski definition) is 5. The van der Waals surface area contributed by atoms with Crippen molar-refractivity contribution in [3.63, 3.8) is 0 Å². The second kappa shape index (κ2) is 11.6. The van der Waals surface area contributed by atoms with Crippen molar-refractivity contribution in [1.82, 2.24) is 15.1 Å². The predicted octanol–water partition coefficient (Wildman–Crippen LogP) is 4.25. The zero-order valence-corrected chi connectivity index (χ0v) is 24.9. The number of anilines is 1. The predicted molar refractivity (Wildman–Crippen MR) is 157 cm³/mol. The number of nitrogens with one attached hydrogen (secondary N) is 2. The highest BCUT2D eigenvalue weighted by molar-refractivity contribution is 9.10. The summed E-state index contributed by atoms with van der Waals surface area (Å²) < 4.78 is 7.44. The minimum atomic E-state index is -1.12. The molecule has 1 saturated carbocycles. The molecule has 1 aliphatic carbocycles. The lowest BCUT2D eigenvalue weighted by Gasteiger charge is -2.38. The van der Waals surface area contributed by atoms with Crippen molar-refractivity contribution >= 4 is 39.3 Å². The summed E-state index contributed by atoms with van der Waals surface area (Å²) in [5.74, 6) is -1.94. The van der Waals surface area contributed by atoms with Gasteiger partial charge >= 0.3 is 0 Å². The first-order chi connectivity index (χ1) is 19.4. The van der Waals surface area contributed by atoms with Gasteiger partial charge in [0.25, 0.3) is 0 Å². The van der Waals surface area contributed by atoms with E-state index in [0.717, 1.165) is 56.1 Å². The van der Waals surface area contributed by atoms with Gasteiger partial charge in [0.2, 0.25) is 17.7 Å². The molecule has 6 rings (SSSR count). The first kappa shape index (κ1) is 27.9. The monoisotopic (exact) mass is 612 g/mol. The molecule has 4 aliphatic heterocycles. The number of carbonyl (C=O) groups excluding carboxylic acids is 3. The van der Waals surface area contributed by atoms with Crippen molar-refractivity contribution in [3.8, 4) is 0 Å². The van der Waals surface area contributed by atoms with Crippen LogP contribution in [0.25, 0.3) is 0 Å². The number of ether oxygens (including phenoxy) is 1. The summed E-state index contributed by atoms with van der Waals surface area (Å²) >= 11 is 3.43. The summed E-state index contributed by atoms with van der Waals surface area (Å²) in [6.45, 7) is 4.42. The number of nitrogens with zero attached hydrogens (tertiary/aromatic N) is 2. The third-order valence-electron chi connectivity index (χ3n) is 9.84. The Morgan fingerprint density at radius 3 is 2.52 bits per heavy atom. The average molecular weight is 614 g/mol. The van der Waals surface area contributed by atoms with Gasteiger partial charge in [-0.1, -0.05) is 60.7 Å². The molecule has 40 heavy (non-hydrogen) atoms. The Kier molecular flexibility index (Phi) is 8.07. The van der Waals surface area contributed by atoms with Crippen LogP contribution in [0.4, 0.5) is 5.69 Å². The van der Waals surface area contributed by atoms with Gasteiger partial charge in [0, 0.05) is 35.3 Å². The van der Waals surface area contributed by atoms with Crippen LogP contribution in [0.2, 0.25) is 0 Å². The lowest BCUT2D eigenvalue weighted by molar-refractivity contribution is -0.141. The van der Waals surface area contributed by atoms with Gasteiger partial charge in [-0.05, 0) is 62.9 Å². The van der Waals surface area contributed by atoms with E-state index in [-0.39, 0.29) is 23.8 Å². The van der Waals surface area contributed by atoms with Gasteiger partial charge in [-0.25, -0.2) is 0 Å². The average Bonchev–Trinajstić information content (AvgIpc) is 3.61. The van der Waals surface area contributed by atoms with Crippen molar-refractivity contribution in [2.45, 2.75) is 94.5 Å². The fourth-order valence-electron chi connectivity index (χ4n) is 7.85. The largest absolute Gasteiger partial charge is 0.359 e. The summed E-state index contributed by atoms with van der Waals surface area (Å²) in [7, 11) is 0. The van der Waals surface area contributed by atoms with E-state index < -0.39 is 29.6 Å². The molecule has 2 bridgehead atoms. The van der Waals surface area contributed by atoms with Crippen molar-refractivity contribution in [1.29, 1.82) is 0 Å². The van der Waals surface area contributed by atoms with E-state index in [4.69, 9.17) is 4.74 Å². The molecule has 1 spiro atoms. The highest BCUT2D eigenvalue weighted by Gasteiger charge is 2.72. The molecule has 1 aromatic rings. The smallest absolute Gasteiger partial charge is 0.246 e. The highest BCUT2D eigenvalue weighted by Crippen LogP contribution is 2.55. The van der Waals surface area contributed by atoms with Crippen LogP contribution in [-0.4, -0.2) is 77.0 Å². The molecule has 3 amide bonds. The lowest BCUT2D eigenvalue weighted by atomic mass is 9.74. The molecule has 5 aliphatic rings. The molecule has 9 heteroatoms. The van der Waals surface area contributed by atoms with E-state index in [1.807, 2.05) is 36.4 Å². The summed E-state index contributed by atoms with van der Waals surface area (Å²) in [4.78, 5) is 46.1. The lowest BCUT2D eigenvalue weighted by Crippen LogP contribution is -2.57. The van der Waals surface area contributed by atoms with Crippen molar-refractivity contribution in [2.75, 3.05) is 25.0 Å². The van der Waals surface area contributed by atoms with Crippen LogP contribution in [0.3, 0.4) is 0 Å². The third-order valence-corrected chi connectivity index (χ3v) is 10.4. The fourth-order valence-corrected chi connectivity index (χ4v) is 8.11. The zero-order chi connectivity index (χ0) is 27.9. The number of hydrogen-bond donors (Lipinski definition) is 2. The molecule has 4 fully saturated rings. The second-order valence-corrected chi connectivity index (χ2v) is 13.1. The van der Waals surface area contributed by atoms with Gasteiger partial charge in [-0.3, -0.25) is 19.3 Å². The number of benzene rings is 1. The maximum Gasteiger partial charge on any atom is 0.246 e. The van der Waals surface area contributed by atoms with E-state index >= 15 is 0 Å².